The first-order valence-corrected chi connectivity index (χ1v) is 11.0. The molecule has 3 aromatic carbocycles. The van der Waals surface area contributed by atoms with E-state index in [0.717, 1.165) is 28.2 Å². The Kier molecular flexibility index (Phi) is 9.60. The van der Waals surface area contributed by atoms with E-state index in [1.807, 2.05) is 72.8 Å². The van der Waals surface area contributed by atoms with Gasteiger partial charge >= 0.3 is 29.6 Å². The van der Waals surface area contributed by atoms with Crippen molar-refractivity contribution in [1.82, 2.24) is 0 Å². The summed E-state index contributed by atoms with van der Waals surface area (Å²) < 4.78 is 16.9. The van der Waals surface area contributed by atoms with Crippen LogP contribution in [0.5, 0.6) is 17.2 Å². The van der Waals surface area contributed by atoms with E-state index < -0.39 is 5.97 Å². The largest absolute Gasteiger partial charge is 1.00 e. The first-order valence-electron chi connectivity index (χ1n) is 11.0. The molecule has 0 radical (unpaired) electrons. The smallest absolute Gasteiger partial charge is 0.550 e. The summed E-state index contributed by atoms with van der Waals surface area (Å²) in [5.74, 6) is 0.932. The Hall–Kier alpha value is -3.00. The molecule has 0 heterocycles. The van der Waals surface area contributed by atoms with Gasteiger partial charge in [-0.05, 0) is 72.0 Å². The third-order valence-electron chi connectivity index (χ3n) is 5.73. The molecule has 1 aliphatic carbocycles. The molecule has 0 spiro atoms. The fourth-order valence-corrected chi connectivity index (χ4v) is 3.69. The van der Waals surface area contributed by atoms with Gasteiger partial charge in [0.15, 0.2) is 0 Å². The Morgan fingerprint density at radius 1 is 0.886 bits per heavy atom. The maximum Gasteiger partial charge on any atom is 1.00 e. The molecule has 7 nitrogen and oxygen atoms in total. The van der Waals surface area contributed by atoms with E-state index >= 15 is 0 Å². The topological polar surface area (TPSA) is 89.4 Å². The first kappa shape index (κ1) is 26.6. The molecule has 0 N–H and O–H groups in total. The van der Waals surface area contributed by atoms with Gasteiger partial charge in [0.25, 0.3) is 0 Å². The molecule has 4 rings (SSSR count). The second-order valence-corrected chi connectivity index (χ2v) is 8.01. The van der Waals surface area contributed by atoms with Crippen molar-refractivity contribution in [3.8, 4) is 17.2 Å². The van der Waals surface area contributed by atoms with Crippen LogP contribution in [0.15, 0.2) is 78.0 Å². The van der Waals surface area contributed by atoms with Crippen LogP contribution in [0.25, 0.3) is 0 Å². The van der Waals surface area contributed by atoms with E-state index in [2.05, 4.69) is 5.16 Å². The van der Waals surface area contributed by atoms with E-state index in [9.17, 15) is 9.90 Å². The van der Waals surface area contributed by atoms with Crippen LogP contribution in [0.4, 0.5) is 0 Å². The number of rotatable bonds is 11. The number of benzene rings is 3. The molecule has 0 aromatic heterocycles. The number of hydrogen-bond acceptors (Lipinski definition) is 7. The van der Waals surface area contributed by atoms with E-state index in [1.165, 1.54) is 7.11 Å². The molecule has 1 saturated carbocycles. The molecule has 3 aromatic rings. The molecule has 176 valence electrons. The third kappa shape index (κ3) is 7.24. The summed E-state index contributed by atoms with van der Waals surface area (Å²) in [5, 5.41) is 15.0. The van der Waals surface area contributed by atoms with Gasteiger partial charge in [-0.25, -0.2) is 0 Å². The predicted octanol–water partition coefficient (Wildman–Crippen LogP) is 0.561. The second kappa shape index (κ2) is 12.6. The minimum absolute atomic E-state index is 0. The molecule has 8 heteroatoms. The minimum atomic E-state index is -0.972. The van der Waals surface area contributed by atoms with Gasteiger partial charge in [0.05, 0.1) is 7.11 Å². The molecular formula is C27H26NNaO6. The number of ether oxygens (including phenoxy) is 3. The fourth-order valence-electron chi connectivity index (χ4n) is 3.69. The van der Waals surface area contributed by atoms with Crippen molar-refractivity contribution in [3.63, 3.8) is 0 Å². The van der Waals surface area contributed by atoms with Crippen molar-refractivity contribution in [1.29, 1.82) is 0 Å². The summed E-state index contributed by atoms with van der Waals surface area (Å²) in [7, 11) is 3.12. The summed E-state index contributed by atoms with van der Waals surface area (Å²) in [6, 6.07) is 22.7. The Bertz CT molecular complexity index is 1130. The summed E-state index contributed by atoms with van der Waals surface area (Å²) in [6.07, 6.45) is 0.649. The molecule has 1 fully saturated rings. The zero-order valence-corrected chi connectivity index (χ0v) is 22.1. The van der Waals surface area contributed by atoms with Crippen molar-refractivity contribution in [2.45, 2.75) is 18.9 Å². The summed E-state index contributed by atoms with van der Waals surface area (Å²) in [6.45, 7) is 0.662. The van der Waals surface area contributed by atoms with Gasteiger partial charge in [-0.3, -0.25) is 0 Å². The predicted molar refractivity (Wildman–Crippen MR) is 125 cm³/mol. The molecule has 0 amide bonds. The minimum Gasteiger partial charge on any atom is -0.550 e. The van der Waals surface area contributed by atoms with Crippen LogP contribution >= 0.6 is 0 Å². The quantitative estimate of drug-likeness (QED) is 0.225. The Balaban J connectivity index is 0.00000342. The van der Waals surface area contributed by atoms with Crippen LogP contribution in [0.3, 0.4) is 0 Å². The molecule has 0 bridgehead atoms. The van der Waals surface area contributed by atoms with Crippen LogP contribution in [0, 0.1) is 5.92 Å². The van der Waals surface area contributed by atoms with E-state index in [0.29, 0.717) is 24.5 Å². The van der Waals surface area contributed by atoms with Gasteiger partial charge in [-0.2, -0.15) is 0 Å². The zero-order valence-electron chi connectivity index (χ0n) is 20.1. The summed E-state index contributed by atoms with van der Waals surface area (Å²) >= 11 is 0. The van der Waals surface area contributed by atoms with E-state index in [-0.39, 0.29) is 48.0 Å². The van der Waals surface area contributed by atoms with Gasteiger partial charge < -0.3 is 28.9 Å². The maximum absolute atomic E-state index is 10.9. The standard InChI is InChI=1S/C27H27NO6.Na/c1-31-21-11-7-20(8-12-21)26(28-32-2)17-34-22-9-3-18(4-10-22)16-33-23-13-5-19(6-14-23)24-15-25(24)27(29)30;/h3-14,24-25H,15-17H2,1-2H3,(H,29,30);/q;+1/p-1/b28-26+;. The van der Waals surface area contributed by atoms with Crippen molar-refractivity contribution in [3.05, 3.63) is 89.5 Å². The number of carbonyl (C=O) groups is 1. The maximum atomic E-state index is 10.9. The number of hydrogen-bond donors (Lipinski definition) is 0. The molecule has 35 heavy (non-hydrogen) atoms. The monoisotopic (exact) mass is 483 g/mol. The van der Waals surface area contributed by atoms with Crippen LogP contribution in [0.2, 0.25) is 0 Å². The van der Waals surface area contributed by atoms with Gasteiger partial charge in [0.1, 0.15) is 43.3 Å². The zero-order chi connectivity index (χ0) is 23.9. The van der Waals surface area contributed by atoms with Crippen molar-refractivity contribution >= 4 is 11.7 Å². The van der Waals surface area contributed by atoms with Crippen LogP contribution in [0.1, 0.15) is 29.0 Å². The molecular weight excluding hydrogens is 457 g/mol. The van der Waals surface area contributed by atoms with Crippen LogP contribution < -0.4 is 48.9 Å². The molecule has 0 aliphatic heterocycles. The second-order valence-electron chi connectivity index (χ2n) is 8.01. The Morgan fingerprint density at radius 2 is 1.49 bits per heavy atom. The number of carboxylic acids is 1. The number of carbonyl (C=O) groups excluding carboxylic acids is 1. The van der Waals surface area contributed by atoms with Crippen LogP contribution in [-0.2, 0) is 16.2 Å². The Labute approximate surface area is 226 Å². The number of nitrogens with zero attached hydrogens (tertiary/aromatic N) is 1. The average molecular weight is 483 g/mol. The molecule has 2 unspecified atom stereocenters. The number of methoxy groups -OCH3 is 1. The van der Waals surface area contributed by atoms with Gasteiger partial charge in [-0.15, -0.1) is 0 Å². The first-order chi connectivity index (χ1) is 16.6. The van der Waals surface area contributed by atoms with Crippen molar-refractivity contribution in [2.24, 2.45) is 11.1 Å². The summed E-state index contributed by atoms with van der Waals surface area (Å²) in [5.41, 5.74) is 3.55. The Morgan fingerprint density at radius 3 is 2.06 bits per heavy atom. The number of oxime groups is 1. The van der Waals surface area contributed by atoms with Crippen molar-refractivity contribution in [2.75, 3.05) is 20.8 Å². The normalized spacial score (nSPS) is 16.6. The molecule has 2 atom stereocenters. The third-order valence-corrected chi connectivity index (χ3v) is 5.73. The fraction of sp³-hybridized carbons (Fsp3) is 0.259. The number of carboxylic acid groups (broad SMARTS) is 1. The molecule has 0 saturated heterocycles. The molecule has 1 aliphatic rings. The van der Waals surface area contributed by atoms with Gasteiger partial charge in [0, 0.05) is 17.5 Å². The van der Waals surface area contributed by atoms with Crippen LogP contribution in [-0.4, -0.2) is 32.5 Å². The van der Waals surface area contributed by atoms with E-state index in [1.54, 1.807) is 7.11 Å². The SMILES string of the molecule is CO/N=C(\COc1ccc(COc2ccc(C3CC3C(=O)[O-])cc2)cc1)c1ccc(OC)cc1.[Na+]. The van der Waals surface area contributed by atoms with Gasteiger partial charge in [-0.1, -0.05) is 29.4 Å². The number of aliphatic carboxylic acids is 1. The summed E-state index contributed by atoms with van der Waals surface area (Å²) in [4.78, 5) is 15.9. The van der Waals surface area contributed by atoms with E-state index in [4.69, 9.17) is 19.0 Å². The average Bonchev–Trinajstić information content (AvgIpc) is 3.68. The van der Waals surface area contributed by atoms with Crippen molar-refractivity contribution < 1.29 is 58.5 Å². The van der Waals surface area contributed by atoms with Gasteiger partial charge in [0.2, 0.25) is 0 Å².